The lowest BCUT2D eigenvalue weighted by molar-refractivity contribution is -0.123. The molecule has 0 spiro atoms. The van der Waals surface area contributed by atoms with Crippen LogP contribution >= 0.6 is 11.3 Å². The van der Waals surface area contributed by atoms with Gasteiger partial charge in [0.1, 0.15) is 5.75 Å². The molecule has 33 heavy (non-hydrogen) atoms. The summed E-state index contributed by atoms with van der Waals surface area (Å²) in [6.45, 7) is 3.87. The molecule has 2 fully saturated rings. The maximum Gasteiger partial charge on any atom is 0.220 e. The van der Waals surface area contributed by atoms with Crippen LogP contribution in [0.1, 0.15) is 57.1 Å². The lowest BCUT2D eigenvalue weighted by Gasteiger charge is -2.32. The summed E-state index contributed by atoms with van der Waals surface area (Å²) in [5.41, 5.74) is 2.88. The fourth-order valence-corrected chi connectivity index (χ4v) is 6.16. The zero-order valence-electron chi connectivity index (χ0n) is 19.5. The van der Waals surface area contributed by atoms with Gasteiger partial charge < -0.3 is 15.0 Å². The average molecular weight is 468 g/mol. The summed E-state index contributed by atoms with van der Waals surface area (Å²) in [7, 11) is 1.67. The van der Waals surface area contributed by atoms with Crippen LogP contribution in [-0.2, 0) is 4.79 Å². The van der Waals surface area contributed by atoms with Gasteiger partial charge in [0.2, 0.25) is 5.91 Å². The molecule has 8 heteroatoms. The fraction of sp³-hybridized carbons (Fsp3) is 0.560. The molecule has 0 radical (unpaired) electrons. The van der Waals surface area contributed by atoms with Crippen LogP contribution in [0.3, 0.4) is 0 Å². The van der Waals surface area contributed by atoms with E-state index in [2.05, 4.69) is 10.2 Å². The molecule has 3 aromatic rings. The summed E-state index contributed by atoms with van der Waals surface area (Å²) in [5.74, 6) is 1.66. The summed E-state index contributed by atoms with van der Waals surface area (Å²) in [6, 6.07) is 8.18. The van der Waals surface area contributed by atoms with Gasteiger partial charge in [-0.3, -0.25) is 4.79 Å². The number of hydrogen-bond donors (Lipinski definition) is 1. The second-order valence-corrected chi connectivity index (χ2v) is 10.4. The number of thiazole rings is 1. The van der Waals surface area contributed by atoms with E-state index in [1.807, 2.05) is 35.9 Å². The van der Waals surface area contributed by atoms with Crippen molar-refractivity contribution in [3.8, 4) is 11.4 Å². The van der Waals surface area contributed by atoms with Gasteiger partial charge in [0.05, 0.1) is 23.2 Å². The van der Waals surface area contributed by atoms with Gasteiger partial charge in [0.15, 0.2) is 10.8 Å². The number of nitrogens with one attached hydrogen (secondary N) is 1. The molecule has 5 rings (SSSR count). The number of aryl methyl sites for hydroxylation is 1. The van der Waals surface area contributed by atoms with Gasteiger partial charge in [-0.2, -0.15) is 10.1 Å². The Morgan fingerprint density at radius 1 is 1.12 bits per heavy atom. The van der Waals surface area contributed by atoms with Crippen molar-refractivity contribution in [1.82, 2.24) is 20.1 Å². The first-order valence-electron chi connectivity index (χ1n) is 12.2. The number of ether oxygens (including phenoxy) is 1. The number of anilines is 1. The summed E-state index contributed by atoms with van der Waals surface area (Å²) >= 11 is 1.71. The molecule has 1 aromatic carbocycles. The molecule has 0 unspecified atom stereocenters. The second-order valence-electron chi connectivity index (χ2n) is 9.38. The van der Waals surface area contributed by atoms with Gasteiger partial charge in [-0.05, 0) is 62.8 Å². The van der Waals surface area contributed by atoms with Gasteiger partial charge in [0.25, 0.3) is 0 Å². The Morgan fingerprint density at radius 3 is 2.55 bits per heavy atom. The molecule has 1 amide bonds. The van der Waals surface area contributed by atoms with E-state index in [-0.39, 0.29) is 11.9 Å². The Bertz CT molecular complexity index is 1090. The van der Waals surface area contributed by atoms with Crippen molar-refractivity contribution >= 4 is 32.7 Å². The molecule has 3 heterocycles. The molecule has 2 aliphatic rings. The van der Waals surface area contributed by atoms with Crippen LogP contribution in [0, 0.1) is 12.8 Å². The maximum absolute atomic E-state index is 12.5. The Morgan fingerprint density at radius 2 is 1.85 bits per heavy atom. The van der Waals surface area contributed by atoms with Crippen molar-refractivity contribution in [2.45, 2.75) is 64.3 Å². The molecule has 1 aliphatic carbocycles. The smallest absolute Gasteiger partial charge is 0.220 e. The summed E-state index contributed by atoms with van der Waals surface area (Å²) in [4.78, 5) is 19.8. The van der Waals surface area contributed by atoms with E-state index >= 15 is 0 Å². The number of benzene rings is 1. The third-order valence-electron chi connectivity index (χ3n) is 7.02. The second kappa shape index (κ2) is 9.71. The molecular weight excluding hydrogens is 434 g/mol. The van der Waals surface area contributed by atoms with Crippen molar-refractivity contribution in [1.29, 1.82) is 0 Å². The number of aromatic nitrogens is 3. The van der Waals surface area contributed by atoms with Crippen molar-refractivity contribution in [2.24, 2.45) is 5.92 Å². The number of methoxy groups -OCH3 is 1. The summed E-state index contributed by atoms with van der Waals surface area (Å²) in [6.07, 6.45) is 8.99. The van der Waals surface area contributed by atoms with Gasteiger partial charge in [-0.1, -0.05) is 30.6 Å². The van der Waals surface area contributed by atoms with Gasteiger partial charge in [-0.25, -0.2) is 4.68 Å². The number of rotatable bonds is 6. The first kappa shape index (κ1) is 22.2. The van der Waals surface area contributed by atoms with E-state index in [9.17, 15) is 4.79 Å². The molecule has 1 saturated heterocycles. The highest BCUT2D eigenvalue weighted by atomic mass is 32.1. The minimum atomic E-state index is 0.246. The monoisotopic (exact) mass is 467 g/mol. The van der Waals surface area contributed by atoms with Crippen molar-refractivity contribution in [2.75, 3.05) is 25.1 Å². The van der Waals surface area contributed by atoms with Gasteiger partial charge in [0, 0.05) is 25.6 Å². The molecule has 0 bridgehead atoms. The topological polar surface area (TPSA) is 72.3 Å². The zero-order valence-corrected chi connectivity index (χ0v) is 20.4. The Kier molecular flexibility index (Phi) is 6.53. The first-order chi connectivity index (χ1) is 16.1. The molecular formula is C25H33N5O2S. The van der Waals surface area contributed by atoms with E-state index < -0.39 is 0 Å². The van der Waals surface area contributed by atoms with Crippen LogP contribution in [0.2, 0.25) is 0 Å². The number of nitrogens with zero attached hydrogens (tertiary/aromatic N) is 4. The minimum absolute atomic E-state index is 0.246. The number of amides is 1. The third-order valence-corrected chi connectivity index (χ3v) is 8.24. The van der Waals surface area contributed by atoms with Gasteiger partial charge >= 0.3 is 0 Å². The number of carbonyl (C=O) groups excluding carboxylic acids is 1. The number of carbonyl (C=O) groups is 1. The van der Waals surface area contributed by atoms with Crippen molar-refractivity contribution < 1.29 is 9.53 Å². The Balaban J connectivity index is 1.22. The largest absolute Gasteiger partial charge is 0.497 e. The number of fused-ring (bicyclic) bond motifs is 1. The zero-order chi connectivity index (χ0) is 22.8. The predicted molar refractivity (Wildman–Crippen MR) is 133 cm³/mol. The van der Waals surface area contributed by atoms with Crippen LogP contribution in [0.25, 0.3) is 16.0 Å². The Hall–Kier alpha value is -2.61. The van der Waals surface area contributed by atoms with Gasteiger partial charge in [-0.15, -0.1) is 0 Å². The molecule has 1 aliphatic heterocycles. The summed E-state index contributed by atoms with van der Waals surface area (Å²) < 4.78 is 8.32. The highest BCUT2D eigenvalue weighted by Gasteiger charge is 2.25. The normalized spacial score (nSPS) is 18.1. The van der Waals surface area contributed by atoms with Crippen molar-refractivity contribution in [3.63, 3.8) is 0 Å². The lowest BCUT2D eigenvalue weighted by atomic mass is 9.86. The molecule has 1 saturated carbocycles. The molecule has 7 nitrogen and oxygen atoms in total. The quantitative estimate of drug-likeness (QED) is 0.561. The third kappa shape index (κ3) is 4.86. The predicted octanol–water partition coefficient (Wildman–Crippen LogP) is 4.85. The van der Waals surface area contributed by atoms with E-state index in [0.717, 1.165) is 58.5 Å². The first-order valence-corrected chi connectivity index (χ1v) is 13.0. The molecule has 1 N–H and O–H groups in total. The van der Waals surface area contributed by atoms with E-state index in [4.69, 9.17) is 14.8 Å². The fourth-order valence-electron chi connectivity index (χ4n) is 5.12. The molecule has 0 atom stereocenters. The van der Waals surface area contributed by atoms with E-state index in [1.165, 1.54) is 32.1 Å². The van der Waals surface area contributed by atoms with Crippen LogP contribution in [0.5, 0.6) is 5.75 Å². The molecule has 176 valence electrons. The van der Waals surface area contributed by atoms with E-state index in [0.29, 0.717) is 12.3 Å². The summed E-state index contributed by atoms with van der Waals surface area (Å²) in [5, 5.41) is 9.06. The number of piperidine rings is 1. The van der Waals surface area contributed by atoms with E-state index in [1.54, 1.807) is 18.4 Å². The minimum Gasteiger partial charge on any atom is -0.497 e. The lowest BCUT2D eigenvalue weighted by Crippen LogP contribution is -2.45. The highest BCUT2D eigenvalue weighted by Crippen LogP contribution is 2.34. The maximum atomic E-state index is 12.5. The number of hydrogen-bond acceptors (Lipinski definition) is 6. The van der Waals surface area contributed by atoms with Crippen molar-refractivity contribution in [3.05, 3.63) is 30.0 Å². The average Bonchev–Trinajstić information content (AvgIpc) is 3.41. The standard InChI is InChI=1S/C25H33N5O2S/c1-17-23-24(30(28-17)20-8-10-21(32-2)11-9-20)27-25(33-23)29-14-12-19(13-15-29)26-22(31)16-18-6-4-3-5-7-18/h8-11,18-19H,3-7,12-16H2,1-2H3,(H,26,31). The Labute approximate surface area is 199 Å². The molecule has 2 aromatic heterocycles. The SMILES string of the molecule is COc1ccc(-n2nc(C)c3sc(N4CCC(NC(=O)CC5CCCCC5)CC4)nc32)cc1. The van der Waals surface area contributed by atoms with Crippen LogP contribution in [-0.4, -0.2) is 46.9 Å². The van der Waals surface area contributed by atoms with Crippen LogP contribution in [0.15, 0.2) is 24.3 Å². The van der Waals surface area contributed by atoms with Crippen LogP contribution < -0.4 is 15.0 Å². The van der Waals surface area contributed by atoms with Crippen LogP contribution in [0.4, 0.5) is 5.13 Å². The highest BCUT2D eigenvalue weighted by molar-refractivity contribution is 7.22.